The third-order valence-electron chi connectivity index (χ3n) is 3.66. The van der Waals surface area contributed by atoms with E-state index in [1.54, 1.807) is 0 Å². The van der Waals surface area contributed by atoms with Crippen molar-refractivity contribution in [3.63, 3.8) is 0 Å². The van der Waals surface area contributed by atoms with Crippen molar-refractivity contribution in [1.29, 1.82) is 0 Å². The van der Waals surface area contributed by atoms with E-state index in [1.165, 1.54) is 49.1 Å². The predicted octanol–water partition coefficient (Wildman–Crippen LogP) is 3.51. The van der Waals surface area contributed by atoms with Gasteiger partial charge in [0.15, 0.2) is 0 Å². The number of unbranched alkanes of at least 4 members (excludes halogenated alkanes) is 3. The van der Waals surface area contributed by atoms with Crippen molar-refractivity contribution in [2.24, 2.45) is 0 Å². The monoisotopic (exact) mass is 264 g/mol. The standard InChI is InChI=1S/C15H24N2S/c1-18-10-5-3-2-4-9-17-11-13-7-6-8-15(16)14(13)12-17/h6-8H,2-5,9-12,16H2,1H3. The molecule has 0 aromatic heterocycles. The molecular formula is C15H24N2S. The number of hydrogen-bond donors (Lipinski definition) is 1. The van der Waals surface area contributed by atoms with Crippen molar-refractivity contribution < 1.29 is 0 Å². The molecule has 3 heteroatoms. The average molecular weight is 264 g/mol. The first-order valence-corrected chi connectivity index (χ1v) is 8.28. The Balaban J connectivity index is 1.67. The topological polar surface area (TPSA) is 29.3 Å². The van der Waals surface area contributed by atoms with Crippen LogP contribution in [0.15, 0.2) is 18.2 Å². The fraction of sp³-hybridized carbons (Fsp3) is 0.600. The van der Waals surface area contributed by atoms with Crippen LogP contribution >= 0.6 is 11.8 Å². The number of rotatable bonds is 7. The van der Waals surface area contributed by atoms with Crippen LogP contribution in [0, 0.1) is 0 Å². The lowest BCUT2D eigenvalue weighted by Gasteiger charge is -2.14. The van der Waals surface area contributed by atoms with E-state index in [0.29, 0.717) is 0 Å². The van der Waals surface area contributed by atoms with Crippen LogP contribution in [-0.4, -0.2) is 23.5 Å². The SMILES string of the molecule is CSCCCCCCN1Cc2cccc(N)c2C1. The van der Waals surface area contributed by atoms with Gasteiger partial charge in [0.2, 0.25) is 0 Å². The number of nitrogens with zero attached hydrogens (tertiary/aromatic N) is 1. The largest absolute Gasteiger partial charge is 0.398 e. The first-order chi connectivity index (χ1) is 8.81. The Kier molecular flexibility index (Phi) is 5.39. The first kappa shape index (κ1) is 13.8. The molecule has 2 N–H and O–H groups in total. The van der Waals surface area contributed by atoms with Crippen LogP contribution in [0.1, 0.15) is 36.8 Å². The highest BCUT2D eigenvalue weighted by Crippen LogP contribution is 2.27. The van der Waals surface area contributed by atoms with E-state index >= 15 is 0 Å². The second kappa shape index (κ2) is 7.05. The lowest BCUT2D eigenvalue weighted by molar-refractivity contribution is 0.277. The summed E-state index contributed by atoms with van der Waals surface area (Å²) >= 11 is 1.95. The van der Waals surface area contributed by atoms with Gasteiger partial charge in [0.25, 0.3) is 0 Å². The minimum absolute atomic E-state index is 0.968. The summed E-state index contributed by atoms with van der Waals surface area (Å²) in [6.07, 6.45) is 7.62. The van der Waals surface area contributed by atoms with E-state index in [1.807, 2.05) is 17.8 Å². The van der Waals surface area contributed by atoms with Gasteiger partial charge in [-0.05, 0) is 48.6 Å². The van der Waals surface area contributed by atoms with Gasteiger partial charge in [-0.1, -0.05) is 25.0 Å². The highest BCUT2D eigenvalue weighted by atomic mass is 32.2. The van der Waals surface area contributed by atoms with Gasteiger partial charge in [-0.3, -0.25) is 4.90 Å². The highest BCUT2D eigenvalue weighted by molar-refractivity contribution is 7.98. The predicted molar refractivity (Wildman–Crippen MR) is 81.8 cm³/mol. The molecule has 1 aliphatic rings. The van der Waals surface area contributed by atoms with Gasteiger partial charge in [-0.2, -0.15) is 11.8 Å². The summed E-state index contributed by atoms with van der Waals surface area (Å²) in [6.45, 7) is 3.35. The molecular weight excluding hydrogens is 240 g/mol. The van der Waals surface area contributed by atoms with Crippen LogP contribution in [0.5, 0.6) is 0 Å². The number of benzene rings is 1. The number of thioether (sulfide) groups is 1. The quantitative estimate of drug-likeness (QED) is 0.603. The normalized spacial score (nSPS) is 14.9. The van der Waals surface area contributed by atoms with Crippen molar-refractivity contribution in [3.8, 4) is 0 Å². The molecule has 0 atom stereocenters. The van der Waals surface area contributed by atoms with Crippen molar-refractivity contribution in [2.45, 2.75) is 38.8 Å². The van der Waals surface area contributed by atoms with Gasteiger partial charge in [0.1, 0.15) is 0 Å². The van der Waals surface area contributed by atoms with Crippen LogP contribution < -0.4 is 5.73 Å². The fourth-order valence-corrected chi connectivity index (χ4v) is 3.10. The molecule has 0 saturated carbocycles. The van der Waals surface area contributed by atoms with Crippen LogP contribution in [-0.2, 0) is 13.1 Å². The Morgan fingerprint density at radius 2 is 2.00 bits per heavy atom. The molecule has 0 amide bonds. The third-order valence-corrected chi connectivity index (χ3v) is 4.35. The molecule has 100 valence electrons. The van der Waals surface area contributed by atoms with Crippen molar-refractivity contribution in [1.82, 2.24) is 4.90 Å². The van der Waals surface area contributed by atoms with E-state index in [2.05, 4.69) is 23.3 Å². The van der Waals surface area contributed by atoms with Crippen molar-refractivity contribution >= 4 is 17.4 Å². The maximum absolute atomic E-state index is 6.01. The number of anilines is 1. The zero-order chi connectivity index (χ0) is 12.8. The Labute approximate surface area is 115 Å². The molecule has 0 radical (unpaired) electrons. The van der Waals surface area contributed by atoms with Gasteiger partial charge in [0, 0.05) is 18.8 Å². The number of fused-ring (bicyclic) bond motifs is 1. The van der Waals surface area contributed by atoms with Crippen molar-refractivity contribution in [2.75, 3.05) is 24.3 Å². The molecule has 2 nitrogen and oxygen atoms in total. The zero-order valence-electron chi connectivity index (χ0n) is 11.3. The molecule has 0 saturated heterocycles. The third kappa shape index (κ3) is 3.66. The molecule has 0 unspecified atom stereocenters. The van der Waals surface area contributed by atoms with Gasteiger partial charge in [-0.15, -0.1) is 0 Å². The zero-order valence-corrected chi connectivity index (χ0v) is 12.1. The lowest BCUT2D eigenvalue weighted by Crippen LogP contribution is -2.17. The van der Waals surface area contributed by atoms with Crippen LogP contribution in [0.4, 0.5) is 5.69 Å². The Morgan fingerprint density at radius 3 is 2.78 bits per heavy atom. The van der Waals surface area contributed by atoms with Crippen LogP contribution in [0.2, 0.25) is 0 Å². The summed E-state index contributed by atoms with van der Waals surface area (Å²) in [4.78, 5) is 2.52. The van der Waals surface area contributed by atoms with Crippen LogP contribution in [0.25, 0.3) is 0 Å². The Bertz CT molecular complexity index is 379. The molecule has 18 heavy (non-hydrogen) atoms. The Hall–Kier alpha value is -0.670. The summed E-state index contributed by atoms with van der Waals surface area (Å²) in [5.74, 6) is 1.31. The van der Waals surface area contributed by atoms with Gasteiger partial charge < -0.3 is 5.73 Å². The fourth-order valence-electron chi connectivity index (χ4n) is 2.61. The molecule has 1 aromatic carbocycles. The number of nitrogens with two attached hydrogens (primary N) is 1. The molecule has 1 heterocycles. The summed E-state index contributed by atoms with van der Waals surface area (Å²) in [5.41, 5.74) is 9.77. The molecule has 2 rings (SSSR count). The van der Waals surface area contributed by atoms with Gasteiger partial charge in [-0.25, -0.2) is 0 Å². The average Bonchev–Trinajstić information content (AvgIpc) is 2.78. The maximum atomic E-state index is 6.01. The summed E-state index contributed by atoms with van der Waals surface area (Å²) in [6, 6.07) is 6.30. The molecule has 1 aromatic rings. The van der Waals surface area contributed by atoms with Crippen molar-refractivity contribution in [3.05, 3.63) is 29.3 Å². The second-order valence-corrected chi connectivity index (χ2v) is 6.09. The number of hydrogen-bond acceptors (Lipinski definition) is 3. The van der Waals surface area contributed by atoms with E-state index in [0.717, 1.165) is 18.8 Å². The maximum Gasteiger partial charge on any atom is 0.0363 e. The van der Waals surface area contributed by atoms with Gasteiger partial charge >= 0.3 is 0 Å². The highest BCUT2D eigenvalue weighted by Gasteiger charge is 2.19. The minimum atomic E-state index is 0.968. The van der Waals surface area contributed by atoms with E-state index in [4.69, 9.17) is 5.73 Å². The molecule has 0 spiro atoms. The second-order valence-electron chi connectivity index (χ2n) is 5.10. The van der Waals surface area contributed by atoms with E-state index in [9.17, 15) is 0 Å². The summed E-state index contributed by atoms with van der Waals surface area (Å²) < 4.78 is 0. The molecule has 0 aliphatic carbocycles. The van der Waals surface area contributed by atoms with Crippen LogP contribution in [0.3, 0.4) is 0 Å². The molecule has 1 aliphatic heterocycles. The van der Waals surface area contributed by atoms with E-state index < -0.39 is 0 Å². The molecule has 0 bridgehead atoms. The van der Waals surface area contributed by atoms with Gasteiger partial charge in [0.05, 0.1) is 0 Å². The first-order valence-electron chi connectivity index (χ1n) is 6.89. The number of nitrogen functional groups attached to an aromatic ring is 1. The minimum Gasteiger partial charge on any atom is -0.398 e. The smallest absolute Gasteiger partial charge is 0.0363 e. The molecule has 0 fully saturated rings. The summed E-state index contributed by atoms with van der Waals surface area (Å²) in [5, 5.41) is 0. The Morgan fingerprint density at radius 1 is 1.17 bits per heavy atom. The summed E-state index contributed by atoms with van der Waals surface area (Å²) in [7, 11) is 0. The van der Waals surface area contributed by atoms with E-state index in [-0.39, 0.29) is 0 Å². The lowest BCUT2D eigenvalue weighted by atomic mass is 10.1.